The molecule has 1 aliphatic rings. The number of halogens is 1. The van der Waals surface area contributed by atoms with Crippen LogP contribution in [-0.4, -0.2) is 61.5 Å². The molecule has 2 N–H and O–H groups in total. The summed E-state index contributed by atoms with van der Waals surface area (Å²) in [5, 5.41) is 6.70. The van der Waals surface area contributed by atoms with E-state index in [0.717, 1.165) is 44.2 Å². The number of rotatable bonds is 6. The highest BCUT2D eigenvalue weighted by molar-refractivity contribution is 14.0. The van der Waals surface area contributed by atoms with Crippen molar-refractivity contribution in [3.05, 3.63) is 0 Å². The van der Waals surface area contributed by atoms with Crippen molar-refractivity contribution in [1.29, 1.82) is 0 Å². The zero-order chi connectivity index (χ0) is 14.1. The van der Waals surface area contributed by atoms with Crippen LogP contribution in [0.2, 0.25) is 0 Å². The summed E-state index contributed by atoms with van der Waals surface area (Å²) >= 11 is 1.86. The van der Waals surface area contributed by atoms with E-state index in [9.17, 15) is 4.79 Å². The maximum absolute atomic E-state index is 11.6. The molecule has 7 heteroatoms. The maximum Gasteiger partial charge on any atom is 0.222 e. The molecule has 1 heterocycles. The number of thioether (sulfide) groups is 1. The average Bonchev–Trinajstić information content (AvgIpc) is 2.89. The standard InChI is InChI=1S/C13H26N4OS.HI/c1-4-12(18)17-8-6-11(10-17)16-13(14-2)15-7-5-9-19-3;/h11H,4-10H2,1-3H3,(H2,14,15,16);1H. The molecule has 0 aromatic heterocycles. The second-order valence-electron chi connectivity index (χ2n) is 4.67. The van der Waals surface area contributed by atoms with Gasteiger partial charge in [-0.15, -0.1) is 24.0 Å². The summed E-state index contributed by atoms with van der Waals surface area (Å²) in [6.45, 7) is 4.49. The lowest BCUT2D eigenvalue weighted by molar-refractivity contribution is -0.129. The van der Waals surface area contributed by atoms with E-state index < -0.39 is 0 Å². The third-order valence-corrected chi connectivity index (χ3v) is 3.92. The highest BCUT2D eigenvalue weighted by Crippen LogP contribution is 2.10. The first kappa shape index (κ1) is 19.8. The number of hydrogen-bond donors (Lipinski definition) is 2. The van der Waals surface area contributed by atoms with Gasteiger partial charge < -0.3 is 15.5 Å². The van der Waals surface area contributed by atoms with Gasteiger partial charge in [0.25, 0.3) is 0 Å². The normalized spacial score (nSPS) is 18.6. The molecule has 1 fully saturated rings. The molecule has 1 aliphatic heterocycles. The smallest absolute Gasteiger partial charge is 0.222 e. The summed E-state index contributed by atoms with van der Waals surface area (Å²) in [5.74, 6) is 2.25. The number of guanidine groups is 1. The first-order chi connectivity index (χ1) is 9.21. The summed E-state index contributed by atoms with van der Waals surface area (Å²) in [6, 6.07) is 0.322. The maximum atomic E-state index is 11.6. The van der Waals surface area contributed by atoms with E-state index in [1.165, 1.54) is 0 Å². The Hall–Kier alpha value is -0.180. The molecule has 20 heavy (non-hydrogen) atoms. The Bertz CT molecular complexity index is 315. The number of carbonyl (C=O) groups excluding carboxylic acids is 1. The zero-order valence-corrected chi connectivity index (χ0v) is 15.8. The van der Waals surface area contributed by atoms with Crippen LogP contribution in [0.3, 0.4) is 0 Å². The number of likely N-dealkylation sites (tertiary alicyclic amines) is 1. The summed E-state index contributed by atoms with van der Waals surface area (Å²) < 4.78 is 0. The lowest BCUT2D eigenvalue weighted by atomic mass is 10.3. The molecular weight excluding hydrogens is 387 g/mol. The monoisotopic (exact) mass is 414 g/mol. The van der Waals surface area contributed by atoms with Crippen LogP contribution in [0.25, 0.3) is 0 Å². The van der Waals surface area contributed by atoms with Gasteiger partial charge in [-0.2, -0.15) is 11.8 Å². The van der Waals surface area contributed by atoms with Crippen molar-refractivity contribution in [3.63, 3.8) is 0 Å². The van der Waals surface area contributed by atoms with Gasteiger partial charge in [-0.3, -0.25) is 9.79 Å². The van der Waals surface area contributed by atoms with Gasteiger partial charge in [-0.25, -0.2) is 0 Å². The Morgan fingerprint density at radius 1 is 1.50 bits per heavy atom. The van der Waals surface area contributed by atoms with Crippen molar-refractivity contribution >= 4 is 47.6 Å². The van der Waals surface area contributed by atoms with Gasteiger partial charge in [0.15, 0.2) is 5.96 Å². The van der Waals surface area contributed by atoms with E-state index in [2.05, 4.69) is 21.9 Å². The largest absolute Gasteiger partial charge is 0.356 e. The number of aliphatic imine (C=N–C) groups is 1. The van der Waals surface area contributed by atoms with Crippen molar-refractivity contribution in [1.82, 2.24) is 15.5 Å². The van der Waals surface area contributed by atoms with E-state index in [-0.39, 0.29) is 29.9 Å². The number of nitrogens with zero attached hydrogens (tertiary/aromatic N) is 2. The van der Waals surface area contributed by atoms with Crippen LogP contribution in [0, 0.1) is 0 Å². The Morgan fingerprint density at radius 2 is 2.25 bits per heavy atom. The van der Waals surface area contributed by atoms with Gasteiger partial charge in [-0.1, -0.05) is 6.92 Å². The quantitative estimate of drug-likeness (QED) is 0.300. The van der Waals surface area contributed by atoms with Crippen molar-refractivity contribution in [2.75, 3.05) is 38.7 Å². The van der Waals surface area contributed by atoms with Crippen molar-refractivity contribution in [2.24, 2.45) is 4.99 Å². The van der Waals surface area contributed by atoms with Crippen molar-refractivity contribution in [3.8, 4) is 0 Å². The lowest BCUT2D eigenvalue weighted by Gasteiger charge is -2.18. The number of nitrogens with one attached hydrogen (secondary N) is 2. The first-order valence-corrected chi connectivity index (χ1v) is 8.34. The average molecular weight is 414 g/mol. The predicted octanol–water partition coefficient (Wildman–Crippen LogP) is 1.53. The van der Waals surface area contributed by atoms with Crippen LogP contribution < -0.4 is 10.6 Å². The molecule has 0 spiro atoms. The fourth-order valence-electron chi connectivity index (χ4n) is 2.14. The van der Waals surface area contributed by atoms with Gasteiger partial charge in [0, 0.05) is 39.1 Å². The Kier molecular flexibility index (Phi) is 11.4. The molecule has 0 aromatic rings. The van der Waals surface area contributed by atoms with Crippen molar-refractivity contribution in [2.45, 2.75) is 32.2 Å². The molecule has 1 rings (SSSR count). The highest BCUT2D eigenvalue weighted by atomic mass is 127. The lowest BCUT2D eigenvalue weighted by Crippen LogP contribution is -2.45. The number of amides is 1. The van der Waals surface area contributed by atoms with Gasteiger partial charge in [-0.05, 0) is 24.9 Å². The highest BCUT2D eigenvalue weighted by Gasteiger charge is 2.25. The van der Waals surface area contributed by atoms with Gasteiger partial charge in [0.2, 0.25) is 5.91 Å². The summed E-state index contributed by atoms with van der Waals surface area (Å²) in [4.78, 5) is 17.8. The number of hydrogen-bond acceptors (Lipinski definition) is 3. The predicted molar refractivity (Wildman–Crippen MR) is 98.2 cm³/mol. The second-order valence-corrected chi connectivity index (χ2v) is 5.65. The molecule has 1 atom stereocenters. The molecule has 0 aromatic carbocycles. The Balaban J connectivity index is 0.00000361. The fourth-order valence-corrected chi connectivity index (χ4v) is 2.57. The van der Waals surface area contributed by atoms with E-state index in [4.69, 9.17) is 0 Å². The fraction of sp³-hybridized carbons (Fsp3) is 0.846. The van der Waals surface area contributed by atoms with Crippen LogP contribution >= 0.6 is 35.7 Å². The minimum absolute atomic E-state index is 0. The Labute approximate surface area is 143 Å². The number of carbonyl (C=O) groups is 1. The van der Waals surface area contributed by atoms with Crippen LogP contribution in [0.4, 0.5) is 0 Å². The van der Waals surface area contributed by atoms with Crippen molar-refractivity contribution < 1.29 is 4.79 Å². The SMILES string of the molecule is CCC(=O)N1CCC(NC(=NC)NCCCSC)C1.I. The first-order valence-electron chi connectivity index (χ1n) is 6.95. The molecule has 5 nitrogen and oxygen atoms in total. The third kappa shape index (κ3) is 7.01. The minimum atomic E-state index is 0. The molecule has 0 bridgehead atoms. The van der Waals surface area contributed by atoms with Gasteiger partial charge in [0.05, 0.1) is 0 Å². The van der Waals surface area contributed by atoms with Gasteiger partial charge in [0.1, 0.15) is 0 Å². The molecule has 0 radical (unpaired) electrons. The third-order valence-electron chi connectivity index (χ3n) is 3.23. The van der Waals surface area contributed by atoms with E-state index in [1.54, 1.807) is 7.05 Å². The van der Waals surface area contributed by atoms with E-state index in [1.807, 2.05) is 23.6 Å². The topological polar surface area (TPSA) is 56.7 Å². The summed E-state index contributed by atoms with van der Waals surface area (Å²) in [6.07, 6.45) is 4.84. The minimum Gasteiger partial charge on any atom is -0.356 e. The van der Waals surface area contributed by atoms with E-state index >= 15 is 0 Å². The molecule has 0 aliphatic carbocycles. The zero-order valence-electron chi connectivity index (χ0n) is 12.6. The van der Waals surface area contributed by atoms with Crippen LogP contribution in [-0.2, 0) is 4.79 Å². The molecule has 1 amide bonds. The van der Waals surface area contributed by atoms with Crippen LogP contribution in [0.5, 0.6) is 0 Å². The summed E-state index contributed by atoms with van der Waals surface area (Å²) in [5.41, 5.74) is 0. The Morgan fingerprint density at radius 3 is 2.85 bits per heavy atom. The van der Waals surface area contributed by atoms with E-state index in [0.29, 0.717) is 12.5 Å². The summed E-state index contributed by atoms with van der Waals surface area (Å²) in [7, 11) is 1.79. The molecule has 118 valence electrons. The van der Waals surface area contributed by atoms with Crippen LogP contribution in [0.15, 0.2) is 4.99 Å². The van der Waals surface area contributed by atoms with Gasteiger partial charge >= 0.3 is 0 Å². The molecule has 1 saturated heterocycles. The molecule has 1 unspecified atom stereocenters. The van der Waals surface area contributed by atoms with Crippen LogP contribution in [0.1, 0.15) is 26.2 Å². The molecular formula is C13H27IN4OS. The second kappa shape index (κ2) is 11.5. The molecule has 0 saturated carbocycles.